The van der Waals surface area contributed by atoms with Crippen molar-refractivity contribution in [1.29, 1.82) is 0 Å². The van der Waals surface area contributed by atoms with Gasteiger partial charge in [-0.05, 0) is 61.7 Å². The summed E-state index contributed by atoms with van der Waals surface area (Å²) < 4.78 is 6.54. The van der Waals surface area contributed by atoms with Crippen molar-refractivity contribution in [3.05, 3.63) is 84.2 Å². The van der Waals surface area contributed by atoms with E-state index in [0.717, 1.165) is 11.3 Å². The molecule has 0 bridgehead atoms. The number of hydrogen-bond acceptors (Lipinski definition) is 5. The van der Waals surface area contributed by atoms with Crippen molar-refractivity contribution >= 4 is 29.5 Å². The maximum absolute atomic E-state index is 12.8. The molecule has 1 aliphatic heterocycles. The average molecular weight is 473 g/mol. The van der Waals surface area contributed by atoms with E-state index in [0.29, 0.717) is 38.2 Å². The normalized spacial score (nSPS) is 14.1. The minimum absolute atomic E-state index is 0.0342. The number of esters is 1. The van der Waals surface area contributed by atoms with E-state index in [-0.39, 0.29) is 23.4 Å². The fraction of sp³-hybridized carbons (Fsp3) is 0.259. The molecule has 0 radical (unpaired) electrons. The summed E-state index contributed by atoms with van der Waals surface area (Å²) in [4.78, 5) is 38.8. The van der Waals surface area contributed by atoms with Gasteiger partial charge in [-0.1, -0.05) is 30.3 Å². The molecule has 0 atom stereocenters. The smallest absolute Gasteiger partial charge is 0.358 e. The number of nitrogens with zero attached hydrogens (tertiary/aromatic N) is 3. The van der Waals surface area contributed by atoms with E-state index < -0.39 is 5.97 Å². The number of carbonyl (C=O) groups excluding carboxylic acids is 3. The predicted molar refractivity (Wildman–Crippen MR) is 133 cm³/mol. The number of likely N-dealkylation sites (tertiary alicyclic amines) is 1. The van der Waals surface area contributed by atoms with Crippen LogP contribution in [0.2, 0.25) is 0 Å². The highest BCUT2D eigenvalue weighted by Gasteiger charge is 2.26. The molecular formula is C27H28N4O4. The molecule has 8 nitrogen and oxygen atoms in total. The Balaban J connectivity index is 1.27. The number of rotatable bonds is 7. The molecule has 3 aromatic rings. The van der Waals surface area contributed by atoms with E-state index in [1.807, 2.05) is 48.5 Å². The molecule has 1 fully saturated rings. The zero-order chi connectivity index (χ0) is 24.6. The Labute approximate surface area is 204 Å². The summed E-state index contributed by atoms with van der Waals surface area (Å²) in [5.74, 6) is -0.688. The highest BCUT2D eigenvalue weighted by molar-refractivity contribution is 5.94. The van der Waals surface area contributed by atoms with Gasteiger partial charge in [0.2, 0.25) is 11.8 Å². The summed E-state index contributed by atoms with van der Waals surface area (Å²) in [7, 11) is 0. The van der Waals surface area contributed by atoms with Crippen molar-refractivity contribution in [2.24, 2.45) is 5.92 Å². The molecule has 0 spiro atoms. The SMILES string of the molecule is CCOC(=O)c1ccn(-c2ccc(NC(=O)C3CCN(C(=O)/C=C/c4ccccc4)CC3)cc2)n1. The maximum atomic E-state index is 12.8. The minimum Gasteiger partial charge on any atom is -0.461 e. The third-order valence-electron chi connectivity index (χ3n) is 5.87. The molecule has 2 aromatic carbocycles. The van der Waals surface area contributed by atoms with Crippen LogP contribution in [0.1, 0.15) is 35.8 Å². The molecule has 8 heteroatoms. The van der Waals surface area contributed by atoms with Crippen LogP contribution < -0.4 is 5.32 Å². The van der Waals surface area contributed by atoms with Gasteiger partial charge >= 0.3 is 5.97 Å². The fourth-order valence-corrected chi connectivity index (χ4v) is 3.92. The number of amides is 2. The number of hydrogen-bond donors (Lipinski definition) is 1. The Morgan fingerprint density at radius 1 is 1.03 bits per heavy atom. The number of nitrogens with one attached hydrogen (secondary N) is 1. The molecule has 1 aliphatic rings. The van der Waals surface area contributed by atoms with Crippen LogP contribution in [0.5, 0.6) is 0 Å². The standard InChI is InChI=1S/C27H28N4O4/c1-2-35-27(34)24-16-19-31(29-24)23-11-9-22(10-12-23)28-26(33)21-14-17-30(18-15-21)25(32)13-8-20-6-4-3-5-7-20/h3-13,16,19,21H,2,14-15,17-18H2,1H3,(H,28,33)/b13-8+. The number of piperidine rings is 1. The highest BCUT2D eigenvalue weighted by Crippen LogP contribution is 2.21. The lowest BCUT2D eigenvalue weighted by molar-refractivity contribution is -0.130. The van der Waals surface area contributed by atoms with Crippen LogP contribution in [0.25, 0.3) is 11.8 Å². The van der Waals surface area contributed by atoms with Crippen LogP contribution in [0.3, 0.4) is 0 Å². The van der Waals surface area contributed by atoms with Gasteiger partial charge in [0.15, 0.2) is 5.69 Å². The van der Waals surface area contributed by atoms with Gasteiger partial charge in [0, 0.05) is 37.0 Å². The van der Waals surface area contributed by atoms with Crippen molar-refractivity contribution < 1.29 is 19.1 Å². The fourth-order valence-electron chi connectivity index (χ4n) is 3.92. The minimum atomic E-state index is -0.463. The van der Waals surface area contributed by atoms with Gasteiger partial charge in [-0.25, -0.2) is 9.48 Å². The summed E-state index contributed by atoms with van der Waals surface area (Å²) >= 11 is 0. The van der Waals surface area contributed by atoms with Crippen molar-refractivity contribution in [1.82, 2.24) is 14.7 Å². The van der Waals surface area contributed by atoms with Crippen LogP contribution in [0.15, 0.2) is 72.9 Å². The molecule has 1 saturated heterocycles. The first-order valence-electron chi connectivity index (χ1n) is 11.7. The number of benzene rings is 2. The molecule has 1 N–H and O–H groups in total. The first-order valence-corrected chi connectivity index (χ1v) is 11.7. The van der Waals surface area contributed by atoms with Crippen LogP contribution in [0.4, 0.5) is 5.69 Å². The van der Waals surface area contributed by atoms with E-state index in [1.54, 1.807) is 47.0 Å². The topological polar surface area (TPSA) is 93.5 Å². The summed E-state index contributed by atoms with van der Waals surface area (Å²) in [5.41, 5.74) is 2.66. The van der Waals surface area contributed by atoms with E-state index in [2.05, 4.69) is 10.4 Å². The average Bonchev–Trinajstić information content (AvgIpc) is 3.39. The van der Waals surface area contributed by atoms with Gasteiger partial charge in [0.25, 0.3) is 0 Å². The summed E-state index contributed by atoms with van der Waals surface area (Å²) in [6.07, 6.45) is 6.33. The molecule has 0 unspecified atom stereocenters. The monoisotopic (exact) mass is 472 g/mol. The molecular weight excluding hydrogens is 444 g/mol. The lowest BCUT2D eigenvalue weighted by Gasteiger charge is -2.30. The van der Waals surface area contributed by atoms with Crippen molar-refractivity contribution in [2.45, 2.75) is 19.8 Å². The summed E-state index contributed by atoms with van der Waals surface area (Å²) in [6.45, 7) is 3.14. The molecule has 2 heterocycles. The number of aromatic nitrogens is 2. The summed E-state index contributed by atoms with van der Waals surface area (Å²) in [6, 6.07) is 18.5. The molecule has 180 valence electrons. The van der Waals surface area contributed by atoms with E-state index in [4.69, 9.17) is 4.74 Å². The number of anilines is 1. The van der Waals surface area contributed by atoms with Gasteiger partial charge in [-0.15, -0.1) is 0 Å². The molecule has 0 saturated carbocycles. The van der Waals surface area contributed by atoms with Crippen molar-refractivity contribution in [3.63, 3.8) is 0 Å². The van der Waals surface area contributed by atoms with Crippen LogP contribution in [-0.2, 0) is 14.3 Å². The first kappa shape index (κ1) is 23.9. The molecule has 0 aliphatic carbocycles. The van der Waals surface area contributed by atoms with E-state index >= 15 is 0 Å². The Hall–Kier alpha value is -4.20. The Bertz CT molecular complexity index is 1190. The first-order chi connectivity index (χ1) is 17.0. The van der Waals surface area contributed by atoms with Crippen molar-refractivity contribution in [3.8, 4) is 5.69 Å². The second-order valence-corrected chi connectivity index (χ2v) is 8.25. The lowest BCUT2D eigenvalue weighted by Crippen LogP contribution is -2.40. The van der Waals surface area contributed by atoms with Gasteiger partial charge in [-0.3, -0.25) is 9.59 Å². The highest BCUT2D eigenvalue weighted by atomic mass is 16.5. The largest absolute Gasteiger partial charge is 0.461 e. The lowest BCUT2D eigenvalue weighted by atomic mass is 9.95. The molecule has 4 rings (SSSR count). The second kappa shape index (κ2) is 11.3. The molecule has 2 amide bonds. The van der Waals surface area contributed by atoms with Gasteiger partial charge in [-0.2, -0.15) is 5.10 Å². The Morgan fingerprint density at radius 3 is 2.43 bits per heavy atom. The zero-order valence-electron chi connectivity index (χ0n) is 19.6. The zero-order valence-corrected chi connectivity index (χ0v) is 19.6. The van der Waals surface area contributed by atoms with Gasteiger partial charge < -0.3 is 15.0 Å². The number of carbonyl (C=O) groups is 3. The summed E-state index contributed by atoms with van der Waals surface area (Å²) in [5, 5.41) is 7.19. The third kappa shape index (κ3) is 6.23. The Kier molecular flexibility index (Phi) is 7.72. The van der Waals surface area contributed by atoms with Crippen molar-refractivity contribution in [2.75, 3.05) is 25.0 Å². The maximum Gasteiger partial charge on any atom is 0.358 e. The third-order valence-corrected chi connectivity index (χ3v) is 5.87. The molecule has 1 aromatic heterocycles. The van der Waals surface area contributed by atoms with Gasteiger partial charge in [0.05, 0.1) is 12.3 Å². The second-order valence-electron chi connectivity index (χ2n) is 8.25. The quantitative estimate of drug-likeness (QED) is 0.415. The van der Waals surface area contributed by atoms with Gasteiger partial charge in [0.1, 0.15) is 0 Å². The Morgan fingerprint density at radius 2 is 1.74 bits per heavy atom. The molecule has 35 heavy (non-hydrogen) atoms. The van der Waals surface area contributed by atoms with E-state index in [1.165, 1.54) is 0 Å². The van der Waals surface area contributed by atoms with Crippen LogP contribution in [0, 0.1) is 5.92 Å². The van der Waals surface area contributed by atoms with Crippen LogP contribution >= 0.6 is 0 Å². The van der Waals surface area contributed by atoms with Crippen LogP contribution in [-0.4, -0.2) is 52.2 Å². The van der Waals surface area contributed by atoms with E-state index in [9.17, 15) is 14.4 Å². The number of ether oxygens (including phenoxy) is 1. The predicted octanol–water partition coefficient (Wildman–Crippen LogP) is 3.94.